The number of carbonyl (C=O) groups excluding carboxylic acids is 1. The molecule has 0 aliphatic carbocycles. The summed E-state index contributed by atoms with van der Waals surface area (Å²) >= 11 is 0. The van der Waals surface area contributed by atoms with Crippen LogP contribution in [0.5, 0.6) is 0 Å². The van der Waals surface area contributed by atoms with E-state index in [0.29, 0.717) is 18.2 Å². The molecule has 2 atom stereocenters. The lowest BCUT2D eigenvalue weighted by molar-refractivity contribution is 0.0983. The molecule has 2 heterocycles. The van der Waals surface area contributed by atoms with Crippen molar-refractivity contribution in [1.29, 1.82) is 0 Å². The van der Waals surface area contributed by atoms with Crippen LogP contribution in [0.25, 0.3) is 0 Å². The second kappa shape index (κ2) is 5.48. The summed E-state index contributed by atoms with van der Waals surface area (Å²) in [6.45, 7) is 4.76. The van der Waals surface area contributed by atoms with Crippen LogP contribution < -0.4 is 4.90 Å². The fourth-order valence-electron chi connectivity index (χ4n) is 2.36. The highest BCUT2D eigenvalue weighted by Crippen LogP contribution is 2.23. The van der Waals surface area contributed by atoms with Gasteiger partial charge in [0.25, 0.3) is 0 Å². The van der Waals surface area contributed by atoms with Gasteiger partial charge in [0.15, 0.2) is 5.78 Å². The van der Waals surface area contributed by atoms with Crippen molar-refractivity contribution in [2.75, 3.05) is 18.6 Å². The number of nitrogens with zero attached hydrogens (tertiary/aromatic N) is 2. The number of ketones is 1. The lowest BCUT2D eigenvalue weighted by Gasteiger charge is -2.28. The number of pyridine rings is 1. The number of carbonyl (C=O) groups is 1. The summed E-state index contributed by atoms with van der Waals surface area (Å²) in [5.41, 5.74) is 1.58. The molecule has 98 valence electrons. The number of Topliss-reactive ketones (excluding diaryl/α,β-unsaturated/α-hetero) is 1. The fraction of sp³-hybridized carbons (Fsp3) is 0.571. The quantitative estimate of drug-likeness (QED) is 0.767. The molecule has 1 fully saturated rings. The zero-order valence-electron chi connectivity index (χ0n) is 11.2. The number of aromatic nitrogens is 1. The molecule has 2 rings (SSSR count). The summed E-state index contributed by atoms with van der Waals surface area (Å²) in [6.07, 6.45) is 3.55. The number of ether oxygens (including phenoxy) is 1. The van der Waals surface area contributed by atoms with Crippen LogP contribution in [0.3, 0.4) is 0 Å². The van der Waals surface area contributed by atoms with Crippen LogP contribution in [-0.2, 0) is 4.74 Å². The van der Waals surface area contributed by atoms with Crippen LogP contribution in [0, 0.1) is 0 Å². The third-order valence-corrected chi connectivity index (χ3v) is 3.60. The van der Waals surface area contributed by atoms with E-state index in [2.05, 4.69) is 16.8 Å². The lowest BCUT2D eigenvalue weighted by atomic mass is 10.1. The zero-order chi connectivity index (χ0) is 13.1. The average Bonchev–Trinajstić information content (AvgIpc) is 2.83. The van der Waals surface area contributed by atoms with Gasteiger partial charge in [-0.3, -0.25) is 9.78 Å². The molecule has 0 aromatic carbocycles. The molecule has 2 unspecified atom stereocenters. The first kappa shape index (κ1) is 13.0. The van der Waals surface area contributed by atoms with Crippen molar-refractivity contribution in [3.63, 3.8) is 0 Å². The summed E-state index contributed by atoms with van der Waals surface area (Å²) in [5, 5.41) is 0. The summed E-state index contributed by atoms with van der Waals surface area (Å²) < 4.78 is 5.57. The van der Waals surface area contributed by atoms with Gasteiger partial charge in [0, 0.05) is 20.1 Å². The Morgan fingerprint density at radius 3 is 2.83 bits per heavy atom. The van der Waals surface area contributed by atoms with E-state index in [0.717, 1.165) is 18.7 Å². The maximum absolute atomic E-state index is 11.5. The summed E-state index contributed by atoms with van der Waals surface area (Å²) in [6, 6.07) is 4.15. The first-order valence-corrected chi connectivity index (χ1v) is 6.47. The number of hydrogen-bond donors (Lipinski definition) is 0. The van der Waals surface area contributed by atoms with Gasteiger partial charge in [0.2, 0.25) is 0 Å². The van der Waals surface area contributed by atoms with E-state index in [1.54, 1.807) is 12.3 Å². The molecule has 4 nitrogen and oxygen atoms in total. The third kappa shape index (κ3) is 2.53. The number of rotatable bonds is 4. The van der Waals surface area contributed by atoms with Crippen LogP contribution in [0.2, 0.25) is 0 Å². The molecule has 1 aromatic rings. The lowest BCUT2D eigenvalue weighted by Crippen LogP contribution is -2.36. The molecular formula is C14H20N2O2. The Hall–Kier alpha value is -1.42. The van der Waals surface area contributed by atoms with Crippen LogP contribution in [0.15, 0.2) is 18.3 Å². The highest BCUT2D eigenvalue weighted by molar-refractivity contribution is 5.94. The molecule has 0 bridgehead atoms. The van der Waals surface area contributed by atoms with Gasteiger partial charge < -0.3 is 9.64 Å². The standard InChI is InChI=1S/C14H20N2O2/c1-4-14(17)12-6-5-11(9-15-12)16(3)13-7-8-18-10(13)2/h5-6,9-10,13H,4,7-8H2,1-3H3. The zero-order valence-corrected chi connectivity index (χ0v) is 11.2. The molecule has 1 saturated heterocycles. The van der Waals surface area contributed by atoms with Crippen molar-refractivity contribution in [2.24, 2.45) is 0 Å². The smallest absolute Gasteiger partial charge is 0.180 e. The molecule has 0 saturated carbocycles. The maximum atomic E-state index is 11.5. The van der Waals surface area contributed by atoms with Crippen LogP contribution in [0.1, 0.15) is 37.2 Å². The molecule has 1 aliphatic rings. The maximum Gasteiger partial charge on any atom is 0.180 e. The average molecular weight is 248 g/mol. The van der Waals surface area contributed by atoms with Crippen LogP contribution in [-0.4, -0.2) is 36.6 Å². The molecule has 1 aromatic heterocycles. The minimum absolute atomic E-state index is 0.0850. The van der Waals surface area contributed by atoms with Crippen LogP contribution in [0.4, 0.5) is 5.69 Å². The Balaban J connectivity index is 2.11. The Kier molecular flexibility index (Phi) is 3.97. The van der Waals surface area contributed by atoms with Crippen molar-refractivity contribution < 1.29 is 9.53 Å². The van der Waals surface area contributed by atoms with Crippen molar-refractivity contribution in [3.8, 4) is 0 Å². The molecule has 1 aliphatic heterocycles. The highest BCUT2D eigenvalue weighted by Gasteiger charge is 2.28. The van der Waals surface area contributed by atoms with Gasteiger partial charge in [-0.15, -0.1) is 0 Å². The molecule has 0 radical (unpaired) electrons. The second-order valence-electron chi connectivity index (χ2n) is 4.72. The molecule has 4 heteroatoms. The summed E-state index contributed by atoms with van der Waals surface area (Å²) in [7, 11) is 2.05. The first-order chi connectivity index (χ1) is 8.63. The van der Waals surface area contributed by atoms with Gasteiger partial charge in [-0.1, -0.05) is 6.92 Å². The Morgan fingerprint density at radius 2 is 2.33 bits per heavy atom. The van der Waals surface area contributed by atoms with Gasteiger partial charge in [-0.2, -0.15) is 0 Å². The molecule has 0 N–H and O–H groups in total. The molecule has 0 spiro atoms. The Labute approximate surface area is 108 Å². The minimum Gasteiger partial charge on any atom is -0.376 e. The largest absolute Gasteiger partial charge is 0.376 e. The molecule has 18 heavy (non-hydrogen) atoms. The predicted octanol–water partition coefficient (Wildman–Crippen LogP) is 2.29. The summed E-state index contributed by atoms with van der Waals surface area (Å²) in [5.74, 6) is 0.0850. The van der Waals surface area contributed by atoms with Gasteiger partial charge in [-0.05, 0) is 25.5 Å². The van der Waals surface area contributed by atoms with Gasteiger partial charge >= 0.3 is 0 Å². The van der Waals surface area contributed by atoms with Crippen LogP contribution >= 0.6 is 0 Å². The number of anilines is 1. The Bertz CT molecular complexity index is 416. The fourth-order valence-corrected chi connectivity index (χ4v) is 2.36. The van der Waals surface area contributed by atoms with E-state index in [1.165, 1.54) is 0 Å². The van der Waals surface area contributed by atoms with E-state index in [9.17, 15) is 4.79 Å². The number of hydrogen-bond acceptors (Lipinski definition) is 4. The predicted molar refractivity (Wildman–Crippen MR) is 71.1 cm³/mol. The normalized spacial score (nSPS) is 23.1. The molecular weight excluding hydrogens is 228 g/mol. The van der Waals surface area contributed by atoms with E-state index >= 15 is 0 Å². The van der Waals surface area contributed by atoms with E-state index < -0.39 is 0 Å². The second-order valence-corrected chi connectivity index (χ2v) is 4.72. The number of likely N-dealkylation sites (N-methyl/N-ethyl adjacent to an activating group) is 1. The van der Waals surface area contributed by atoms with E-state index in [4.69, 9.17) is 4.74 Å². The van der Waals surface area contributed by atoms with E-state index in [-0.39, 0.29) is 11.9 Å². The van der Waals surface area contributed by atoms with Crippen molar-refractivity contribution in [3.05, 3.63) is 24.0 Å². The molecule has 0 amide bonds. The Morgan fingerprint density at radius 1 is 1.56 bits per heavy atom. The van der Waals surface area contributed by atoms with Gasteiger partial charge in [0.1, 0.15) is 5.69 Å². The monoisotopic (exact) mass is 248 g/mol. The van der Waals surface area contributed by atoms with Crippen molar-refractivity contribution in [1.82, 2.24) is 4.98 Å². The van der Waals surface area contributed by atoms with Gasteiger partial charge in [-0.25, -0.2) is 0 Å². The highest BCUT2D eigenvalue weighted by atomic mass is 16.5. The SMILES string of the molecule is CCC(=O)c1ccc(N(C)C2CCOC2C)cn1. The van der Waals surface area contributed by atoms with Crippen molar-refractivity contribution >= 4 is 11.5 Å². The topological polar surface area (TPSA) is 42.4 Å². The van der Waals surface area contributed by atoms with Crippen molar-refractivity contribution in [2.45, 2.75) is 38.8 Å². The minimum atomic E-state index is 0.0850. The van der Waals surface area contributed by atoms with E-state index in [1.807, 2.05) is 20.0 Å². The summed E-state index contributed by atoms with van der Waals surface area (Å²) in [4.78, 5) is 17.9. The third-order valence-electron chi connectivity index (χ3n) is 3.60. The van der Waals surface area contributed by atoms with Gasteiger partial charge in [0.05, 0.1) is 24.0 Å². The first-order valence-electron chi connectivity index (χ1n) is 6.47.